The van der Waals surface area contributed by atoms with Gasteiger partial charge in [0.2, 0.25) is 0 Å². The molecule has 2 rings (SSSR count). The standard InChI is InChI=1S/C16H21NO2/c1-3-16(18)13-7-9-14(10-8-13)17(4-2)12-15-6-5-11-19-15/h5-11,16,18H,3-4,12H2,1-2H3/t16-/m0/s1. The molecule has 0 aliphatic carbocycles. The highest BCUT2D eigenvalue weighted by atomic mass is 16.3. The van der Waals surface area contributed by atoms with Crippen LogP contribution in [0.15, 0.2) is 47.1 Å². The van der Waals surface area contributed by atoms with E-state index in [9.17, 15) is 5.11 Å². The van der Waals surface area contributed by atoms with E-state index in [1.54, 1.807) is 6.26 Å². The fourth-order valence-electron chi connectivity index (χ4n) is 2.12. The molecule has 0 saturated heterocycles. The molecule has 2 aromatic rings. The third-order valence-electron chi connectivity index (χ3n) is 3.34. The van der Waals surface area contributed by atoms with Gasteiger partial charge in [0.25, 0.3) is 0 Å². The van der Waals surface area contributed by atoms with E-state index >= 15 is 0 Å². The Bertz CT molecular complexity index is 476. The smallest absolute Gasteiger partial charge is 0.123 e. The van der Waals surface area contributed by atoms with Crippen molar-refractivity contribution in [2.24, 2.45) is 0 Å². The highest BCUT2D eigenvalue weighted by molar-refractivity contribution is 5.48. The van der Waals surface area contributed by atoms with Crippen LogP contribution in [0.3, 0.4) is 0 Å². The first-order valence-electron chi connectivity index (χ1n) is 6.80. The molecule has 1 heterocycles. The van der Waals surface area contributed by atoms with E-state index in [0.29, 0.717) is 0 Å². The van der Waals surface area contributed by atoms with Gasteiger partial charge in [-0.15, -0.1) is 0 Å². The molecule has 19 heavy (non-hydrogen) atoms. The Hall–Kier alpha value is -1.74. The minimum atomic E-state index is -0.366. The number of hydrogen-bond acceptors (Lipinski definition) is 3. The average molecular weight is 259 g/mol. The summed E-state index contributed by atoms with van der Waals surface area (Å²) in [5.74, 6) is 0.958. The van der Waals surface area contributed by atoms with Gasteiger partial charge in [-0.1, -0.05) is 19.1 Å². The van der Waals surface area contributed by atoms with Crippen molar-refractivity contribution < 1.29 is 9.52 Å². The summed E-state index contributed by atoms with van der Waals surface area (Å²) in [6.07, 6.45) is 2.07. The molecule has 0 radical (unpaired) electrons. The monoisotopic (exact) mass is 259 g/mol. The summed E-state index contributed by atoms with van der Waals surface area (Å²) < 4.78 is 5.38. The van der Waals surface area contributed by atoms with Crippen LogP contribution in [0.4, 0.5) is 5.69 Å². The summed E-state index contributed by atoms with van der Waals surface area (Å²) in [6.45, 7) is 5.78. The molecule has 0 spiro atoms. The van der Waals surface area contributed by atoms with Gasteiger partial charge in [-0.05, 0) is 43.2 Å². The predicted octanol–water partition coefficient (Wildman–Crippen LogP) is 3.75. The third-order valence-corrected chi connectivity index (χ3v) is 3.34. The van der Waals surface area contributed by atoms with E-state index in [1.807, 2.05) is 31.2 Å². The summed E-state index contributed by atoms with van der Waals surface area (Å²) in [5.41, 5.74) is 2.12. The summed E-state index contributed by atoms with van der Waals surface area (Å²) in [5, 5.41) is 9.79. The summed E-state index contributed by atoms with van der Waals surface area (Å²) in [6, 6.07) is 12.0. The lowest BCUT2D eigenvalue weighted by Crippen LogP contribution is -2.21. The largest absolute Gasteiger partial charge is 0.467 e. The maximum Gasteiger partial charge on any atom is 0.123 e. The zero-order valence-electron chi connectivity index (χ0n) is 11.5. The van der Waals surface area contributed by atoms with Gasteiger partial charge >= 0.3 is 0 Å². The van der Waals surface area contributed by atoms with E-state index in [4.69, 9.17) is 4.42 Å². The number of aliphatic hydroxyl groups is 1. The maximum absolute atomic E-state index is 9.79. The first kappa shape index (κ1) is 13.7. The maximum atomic E-state index is 9.79. The summed E-state index contributed by atoms with van der Waals surface area (Å²) >= 11 is 0. The van der Waals surface area contributed by atoms with Crippen molar-refractivity contribution in [3.05, 3.63) is 54.0 Å². The third kappa shape index (κ3) is 3.38. The second-order valence-corrected chi connectivity index (χ2v) is 4.61. The van der Waals surface area contributed by atoms with Crippen LogP contribution in [0.2, 0.25) is 0 Å². The minimum Gasteiger partial charge on any atom is -0.467 e. The van der Waals surface area contributed by atoms with Crippen LogP contribution in [-0.2, 0) is 6.54 Å². The van der Waals surface area contributed by atoms with Gasteiger partial charge in [0.15, 0.2) is 0 Å². The SMILES string of the molecule is CC[C@H](O)c1ccc(N(CC)Cc2ccco2)cc1. The Morgan fingerprint density at radius 3 is 2.42 bits per heavy atom. The Balaban J connectivity index is 2.10. The summed E-state index contributed by atoms with van der Waals surface area (Å²) in [7, 11) is 0. The van der Waals surface area contributed by atoms with Crippen LogP contribution < -0.4 is 4.90 Å². The van der Waals surface area contributed by atoms with Gasteiger partial charge in [-0.2, -0.15) is 0 Å². The van der Waals surface area contributed by atoms with E-state index in [0.717, 1.165) is 36.5 Å². The molecule has 3 heteroatoms. The zero-order chi connectivity index (χ0) is 13.7. The average Bonchev–Trinajstić information content (AvgIpc) is 2.97. The first-order chi connectivity index (χ1) is 9.24. The highest BCUT2D eigenvalue weighted by Crippen LogP contribution is 2.22. The summed E-state index contributed by atoms with van der Waals surface area (Å²) in [4.78, 5) is 2.24. The van der Waals surface area contributed by atoms with Gasteiger partial charge in [0.1, 0.15) is 5.76 Å². The van der Waals surface area contributed by atoms with Gasteiger partial charge in [-0.3, -0.25) is 0 Å². The molecule has 1 atom stereocenters. The van der Waals surface area contributed by atoms with Gasteiger partial charge in [0.05, 0.1) is 18.9 Å². The van der Waals surface area contributed by atoms with E-state index < -0.39 is 0 Å². The molecule has 0 unspecified atom stereocenters. The van der Waals surface area contributed by atoms with Crippen molar-refractivity contribution in [1.82, 2.24) is 0 Å². The molecular weight excluding hydrogens is 238 g/mol. The van der Waals surface area contributed by atoms with Crippen LogP contribution in [0.1, 0.15) is 37.7 Å². The molecule has 0 aliphatic rings. The van der Waals surface area contributed by atoms with Crippen molar-refractivity contribution in [3.63, 3.8) is 0 Å². The van der Waals surface area contributed by atoms with Crippen molar-refractivity contribution >= 4 is 5.69 Å². The number of anilines is 1. The number of aliphatic hydroxyl groups excluding tert-OH is 1. The molecule has 1 aromatic heterocycles. The van der Waals surface area contributed by atoms with Gasteiger partial charge in [-0.25, -0.2) is 0 Å². The number of benzene rings is 1. The fraction of sp³-hybridized carbons (Fsp3) is 0.375. The van der Waals surface area contributed by atoms with E-state index in [2.05, 4.69) is 24.0 Å². The molecule has 0 saturated carbocycles. The molecule has 0 bridgehead atoms. The van der Waals surface area contributed by atoms with Crippen LogP contribution in [-0.4, -0.2) is 11.7 Å². The molecule has 0 amide bonds. The zero-order valence-corrected chi connectivity index (χ0v) is 11.5. The van der Waals surface area contributed by atoms with E-state index in [-0.39, 0.29) is 6.10 Å². The lowest BCUT2D eigenvalue weighted by molar-refractivity contribution is 0.173. The topological polar surface area (TPSA) is 36.6 Å². The molecule has 102 valence electrons. The van der Waals surface area contributed by atoms with Crippen molar-refractivity contribution in [3.8, 4) is 0 Å². The van der Waals surface area contributed by atoms with Gasteiger partial charge in [0, 0.05) is 12.2 Å². The lowest BCUT2D eigenvalue weighted by atomic mass is 10.1. The fourth-order valence-corrected chi connectivity index (χ4v) is 2.12. The Kier molecular flexibility index (Phi) is 4.63. The number of hydrogen-bond donors (Lipinski definition) is 1. The molecule has 1 aromatic carbocycles. The van der Waals surface area contributed by atoms with Crippen molar-refractivity contribution in [1.29, 1.82) is 0 Å². The molecule has 0 aliphatic heterocycles. The number of furan rings is 1. The first-order valence-corrected chi connectivity index (χ1v) is 6.80. The Morgan fingerprint density at radius 1 is 1.16 bits per heavy atom. The van der Waals surface area contributed by atoms with Crippen molar-refractivity contribution in [2.75, 3.05) is 11.4 Å². The van der Waals surface area contributed by atoms with Gasteiger partial charge < -0.3 is 14.4 Å². The molecule has 0 fully saturated rings. The van der Waals surface area contributed by atoms with Crippen LogP contribution in [0.5, 0.6) is 0 Å². The normalized spacial score (nSPS) is 12.4. The number of nitrogens with zero attached hydrogens (tertiary/aromatic N) is 1. The van der Waals surface area contributed by atoms with E-state index in [1.165, 1.54) is 0 Å². The second-order valence-electron chi connectivity index (χ2n) is 4.61. The van der Waals surface area contributed by atoms with Crippen LogP contribution in [0.25, 0.3) is 0 Å². The molecule has 3 nitrogen and oxygen atoms in total. The Labute approximate surface area is 114 Å². The van der Waals surface area contributed by atoms with Crippen LogP contribution in [0, 0.1) is 0 Å². The van der Waals surface area contributed by atoms with Crippen LogP contribution >= 0.6 is 0 Å². The Morgan fingerprint density at radius 2 is 1.89 bits per heavy atom. The van der Waals surface area contributed by atoms with Crippen molar-refractivity contribution in [2.45, 2.75) is 32.9 Å². The second kappa shape index (κ2) is 6.43. The molecule has 1 N–H and O–H groups in total. The minimum absolute atomic E-state index is 0.366. The highest BCUT2D eigenvalue weighted by Gasteiger charge is 2.09. The quantitative estimate of drug-likeness (QED) is 0.858. The molecular formula is C16H21NO2. The number of rotatable bonds is 6. The predicted molar refractivity (Wildman–Crippen MR) is 77.1 cm³/mol. The lowest BCUT2D eigenvalue weighted by Gasteiger charge is -2.22.